The van der Waals surface area contributed by atoms with Gasteiger partial charge in [-0.2, -0.15) is 0 Å². The lowest BCUT2D eigenvalue weighted by Gasteiger charge is -2.26. The summed E-state index contributed by atoms with van der Waals surface area (Å²) < 4.78 is 7.31. The van der Waals surface area contributed by atoms with E-state index in [0.29, 0.717) is 25.7 Å². The van der Waals surface area contributed by atoms with E-state index in [2.05, 4.69) is 5.32 Å². The molecule has 4 rings (SSSR count). The van der Waals surface area contributed by atoms with Crippen molar-refractivity contribution in [2.24, 2.45) is 0 Å². The Hall–Kier alpha value is -1.44. The molecule has 154 valence electrons. The van der Waals surface area contributed by atoms with Gasteiger partial charge < -0.3 is 15.2 Å². The Bertz CT molecular complexity index is 855. The van der Waals surface area contributed by atoms with Gasteiger partial charge in [-0.15, -0.1) is 11.3 Å². The third-order valence-electron chi connectivity index (χ3n) is 5.98. The third kappa shape index (κ3) is 4.11. The average molecular weight is 406 g/mol. The number of fused-ring (bicyclic) bond motifs is 3. The molecule has 0 aliphatic heterocycles. The van der Waals surface area contributed by atoms with Gasteiger partial charge in [-0.25, -0.2) is 4.98 Å². The van der Waals surface area contributed by atoms with Crippen molar-refractivity contribution in [3.8, 4) is 0 Å². The van der Waals surface area contributed by atoms with Crippen molar-refractivity contribution in [2.45, 2.75) is 70.3 Å². The first kappa shape index (κ1) is 19.9. The number of thiophene rings is 1. The number of rotatable bonds is 7. The molecular formula is C21H31N3O3S. The second-order valence-electron chi connectivity index (χ2n) is 7.91. The monoisotopic (exact) mass is 405 g/mol. The normalized spacial score (nSPS) is 18.2. The number of anilines is 1. The minimum atomic E-state index is 0.0255. The largest absolute Gasteiger partial charge is 0.394 e. The molecule has 2 aliphatic carbocycles. The molecule has 0 spiro atoms. The minimum absolute atomic E-state index is 0.0255. The Morgan fingerprint density at radius 2 is 1.89 bits per heavy atom. The van der Waals surface area contributed by atoms with E-state index in [1.807, 2.05) is 4.57 Å². The van der Waals surface area contributed by atoms with E-state index in [1.165, 1.54) is 49.0 Å². The number of hydrogen-bond acceptors (Lipinski definition) is 6. The number of nitrogens with zero attached hydrogens (tertiary/aromatic N) is 2. The second kappa shape index (κ2) is 9.37. The van der Waals surface area contributed by atoms with Gasteiger partial charge in [0.2, 0.25) is 5.95 Å². The van der Waals surface area contributed by atoms with E-state index in [-0.39, 0.29) is 18.2 Å². The Morgan fingerprint density at radius 3 is 2.71 bits per heavy atom. The molecule has 2 aromatic rings. The van der Waals surface area contributed by atoms with Crippen molar-refractivity contribution in [3.05, 3.63) is 20.8 Å². The van der Waals surface area contributed by atoms with E-state index in [1.54, 1.807) is 11.3 Å². The molecular weight excluding hydrogens is 374 g/mol. The van der Waals surface area contributed by atoms with Gasteiger partial charge in [0.25, 0.3) is 5.56 Å². The Labute approximate surface area is 169 Å². The smallest absolute Gasteiger partial charge is 0.264 e. The summed E-state index contributed by atoms with van der Waals surface area (Å²) in [5, 5.41) is 13.1. The summed E-state index contributed by atoms with van der Waals surface area (Å²) in [6.07, 6.45) is 11.4. The summed E-state index contributed by atoms with van der Waals surface area (Å²) in [5.41, 5.74) is 1.42. The Balaban J connectivity index is 1.72. The van der Waals surface area contributed by atoms with Crippen molar-refractivity contribution < 1.29 is 9.84 Å². The molecule has 0 amide bonds. The van der Waals surface area contributed by atoms with Crippen LogP contribution in [-0.4, -0.2) is 41.0 Å². The number of aromatic nitrogens is 2. The second-order valence-corrected chi connectivity index (χ2v) is 8.99. The fourth-order valence-electron chi connectivity index (χ4n) is 4.60. The van der Waals surface area contributed by atoms with E-state index in [9.17, 15) is 4.79 Å². The standard InChI is InChI=1S/C21H31N3O3S/c25-12-14-27-13-11-22-21-23-19-18(16-9-5-2-6-10-17(16)28-19)20(26)24(21)15-7-3-1-4-8-15/h15,25H,1-14H2,(H,22,23). The number of hydrogen-bond donors (Lipinski definition) is 2. The maximum Gasteiger partial charge on any atom is 0.264 e. The average Bonchev–Trinajstić information content (AvgIpc) is 2.90. The predicted octanol–water partition coefficient (Wildman–Crippen LogP) is 3.65. The van der Waals surface area contributed by atoms with Gasteiger partial charge in [0.05, 0.1) is 25.2 Å². The number of aliphatic hydroxyl groups excluding tert-OH is 1. The van der Waals surface area contributed by atoms with E-state index in [0.717, 1.165) is 35.9 Å². The molecule has 0 atom stereocenters. The number of aryl methyl sites for hydroxylation is 2. The topological polar surface area (TPSA) is 76.4 Å². The molecule has 2 aromatic heterocycles. The van der Waals surface area contributed by atoms with Crippen LogP contribution >= 0.6 is 11.3 Å². The lowest BCUT2D eigenvalue weighted by molar-refractivity contribution is 0.0991. The quantitative estimate of drug-likeness (QED) is 0.543. The summed E-state index contributed by atoms with van der Waals surface area (Å²) in [6, 6.07) is 0.236. The molecule has 0 saturated heterocycles. The fourth-order valence-corrected chi connectivity index (χ4v) is 5.85. The van der Waals surface area contributed by atoms with Gasteiger partial charge in [0.15, 0.2) is 0 Å². The van der Waals surface area contributed by atoms with Crippen LogP contribution in [-0.2, 0) is 17.6 Å². The van der Waals surface area contributed by atoms with Crippen LogP contribution in [0.25, 0.3) is 10.2 Å². The molecule has 0 aromatic carbocycles. The van der Waals surface area contributed by atoms with Crippen LogP contribution in [0.3, 0.4) is 0 Å². The van der Waals surface area contributed by atoms with Crippen molar-refractivity contribution in [1.29, 1.82) is 0 Å². The maximum absolute atomic E-state index is 13.7. The fraction of sp³-hybridized carbons (Fsp3) is 0.714. The van der Waals surface area contributed by atoms with Crippen molar-refractivity contribution in [3.63, 3.8) is 0 Å². The van der Waals surface area contributed by atoms with Gasteiger partial charge in [0.1, 0.15) is 4.83 Å². The molecule has 2 heterocycles. The molecule has 28 heavy (non-hydrogen) atoms. The molecule has 0 bridgehead atoms. The van der Waals surface area contributed by atoms with E-state index < -0.39 is 0 Å². The van der Waals surface area contributed by atoms with Gasteiger partial charge in [0, 0.05) is 17.5 Å². The molecule has 1 saturated carbocycles. The SMILES string of the molecule is O=c1c2c3c(sc2nc(NCCOCCO)n1C1CCCCC1)CCCCC3. The van der Waals surface area contributed by atoms with Crippen molar-refractivity contribution >= 4 is 27.5 Å². The maximum atomic E-state index is 13.7. The summed E-state index contributed by atoms with van der Waals surface area (Å²) in [5.74, 6) is 0.688. The van der Waals surface area contributed by atoms with Crippen LogP contribution in [0.4, 0.5) is 5.95 Å². The first-order valence-electron chi connectivity index (χ1n) is 10.8. The first-order chi connectivity index (χ1) is 13.8. The van der Waals surface area contributed by atoms with Gasteiger partial charge in [-0.3, -0.25) is 9.36 Å². The van der Waals surface area contributed by atoms with Crippen LogP contribution in [0.2, 0.25) is 0 Å². The number of nitrogens with one attached hydrogen (secondary N) is 1. The number of aliphatic hydroxyl groups is 1. The van der Waals surface area contributed by atoms with Crippen LogP contribution in [0.1, 0.15) is 67.8 Å². The Morgan fingerprint density at radius 1 is 1.11 bits per heavy atom. The summed E-state index contributed by atoms with van der Waals surface area (Å²) in [4.78, 5) is 20.8. The van der Waals surface area contributed by atoms with Crippen molar-refractivity contribution in [1.82, 2.24) is 9.55 Å². The van der Waals surface area contributed by atoms with Gasteiger partial charge in [-0.05, 0) is 44.1 Å². The van der Waals surface area contributed by atoms with Crippen molar-refractivity contribution in [2.75, 3.05) is 31.7 Å². The zero-order valence-electron chi connectivity index (χ0n) is 16.5. The molecule has 2 aliphatic rings. The Kier molecular flexibility index (Phi) is 6.65. The summed E-state index contributed by atoms with van der Waals surface area (Å²) in [6.45, 7) is 1.43. The molecule has 2 N–H and O–H groups in total. The zero-order valence-corrected chi connectivity index (χ0v) is 17.4. The molecule has 0 radical (unpaired) electrons. The minimum Gasteiger partial charge on any atom is -0.394 e. The van der Waals surface area contributed by atoms with E-state index >= 15 is 0 Å². The highest BCUT2D eigenvalue weighted by Gasteiger charge is 2.25. The highest BCUT2D eigenvalue weighted by molar-refractivity contribution is 7.18. The highest BCUT2D eigenvalue weighted by atomic mass is 32.1. The predicted molar refractivity (Wildman–Crippen MR) is 114 cm³/mol. The van der Waals surface area contributed by atoms with Crippen LogP contribution in [0.15, 0.2) is 4.79 Å². The van der Waals surface area contributed by atoms with E-state index in [4.69, 9.17) is 14.8 Å². The lowest BCUT2D eigenvalue weighted by Crippen LogP contribution is -2.31. The number of ether oxygens (including phenoxy) is 1. The van der Waals surface area contributed by atoms with Crippen LogP contribution < -0.4 is 10.9 Å². The first-order valence-corrected chi connectivity index (χ1v) is 11.6. The molecule has 0 unspecified atom stereocenters. The molecule has 7 heteroatoms. The van der Waals surface area contributed by atoms with Gasteiger partial charge in [-0.1, -0.05) is 25.7 Å². The lowest BCUT2D eigenvalue weighted by atomic mass is 9.95. The summed E-state index contributed by atoms with van der Waals surface area (Å²) in [7, 11) is 0. The third-order valence-corrected chi connectivity index (χ3v) is 7.16. The zero-order chi connectivity index (χ0) is 19.3. The molecule has 1 fully saturated rings. The molecule has 6 nitrogen and oxygen atoms in total. The summed E-state index contributed by atoms with van der Waals surface area (Å²) >= 11 is 1.72. The van der Waals surface area contributed by atoms with Crippen LogP contribution in [0.5, 0.6) is 0 Å². The highest BCUT2D eigenvalue weighted by Crippen LogP contribution is 2.35. The van der Waals surface area contributed by atoms with Crippen LogP contribution in [0, 0.1) is 0 Å². The van der Waals surface area contributed by atoms with Gasteiger partial charge >= 0.3 is 0 Å².